The lowest BCUT2D eigenvalue weighted by atomic mass is 9.95. The second-order valence-electron chi connectivity index (χ2n) is 11.0. The molecule has 0 bridgehead atoms. The lowest BCUT2D eigenvalue weighted by molar-refractivity contribution is -0.143. The molecule has 2 aliphatic rings. The molecular weight excluding hydrogens is 504 g/mol. The van der Waals surface area contributed by atoms with Gasteiger partial charge in [0.2, 0.25) is 5.82 Å². The summed E-state index contributed by atoms with van der Waals surface area (Å²) in [6.45, 7) is 6.74. The van der Waals surface area contributed by atoms with Crippen LogP contribution in [0.5, 0.6) is 5.75 Å². The molecule has 1 aromatic heterocycles. The van der Waals surface area contributed by atoms with E-state index in [1.54, 1.807) is 18.7 Å². The fourth-order valence-electron chi connectivity index (χ4n) is 5.64. The third-order valence-electron chi connectivity index (χ3n) is 7.78. The Labute approximate surface area is 229 Å². The quantitative estimate of drug-likeness (QED) is 0.311. The first-order chi connectivity index (χ1) is 18.8. The lowest BCUT2D eigenvalue weighted by Crippen LogP contribution is -2.33. The van der Waals surface area contributed by atoms with Gasteiger partial charge in [-0.1, -0.05) is 26.3 Å². The molecule has 39 heavy (non-hydrogen) atoms. The summed E-state index contributed by atoms with van der Waals surface area (Å²) >= 11 is 0. The summed E-state index contributed by atoms with van der Waals surface area (Å²) in [6, 6.07) is 4.65. The molecule has 0 aliphatic carbocycles. The minimum Gasteiger partial charge on any atom is -0.493 e. The summed E-state index contributed by atoms with van der Waals surface area (Å²) in [5.74, 6) is -2.65. The first kappa shape index (κ1) is 29.2. The maximum Gasteiger partial charge on any atom is 0.325 e. The summed E-state index contributed by atoms with van der Waals surface area (Å²) < 4.78 is 40.4. The zero-order valence-electron chi connectivity index (χ0n) is 23.3. The van der Waals surface area contributed by atoms with Crippen LogP contribution in [0.3, 0.4) is 0 Å². The van der Waals surface area contributed by atoms with Crippen molar-refractivity contribution in [2.75, 3.05) is 45.3 Å². The van der Waals surface area contributed by atoms with Crippen LogP contribution >= 0.6 is 0 Å². The molecule has 1 aromatic carbocycles. The summed E-state index contributed by atoms with van der Waals surface area (Å²) in [6.07, 6.45) is 7.07. The number of hydrogen-bond acceptors (Lipinski definition) is 6. The van der Waals surface area contributed by atoms with Gasteiger partial charge in [-0.3, -0.25) is 9.69 Å². The van der Waals surface area contributed by atoms with Gasteiger partial charge < -0.3 is 19.9 Å². The predicted molar refractivity (Wildman–Crippen MR) is 146 cm³/mol. The molecule has 2 unspecified atom stereocenters. The van der Waals surface area contributed by atoms with Crippen molar-refractivity contribution in [3.8, 4) is 5.75 Å². The van der Waals surface area contributed by atoms with E-state index in [-0.39, 0.29) is 28.7 Å². The fraction of sp³-hybridized carbons (Fsp3) is 0.600. The highest BCUT2D eigenvalue weighted by atomic mass is 19.2. The lowest BCUT2D eigenvalue weighted by Gasteiger charge is -2.27. The second kappa shape index (κ2) is 13.5. The molecule has 0 spiro atoms. The number of rotatable bonds is 13. The number of pyridine rings is 1. The summed E-state index contributed by atoms with van der Waals surface area (Å²) in [7, 11) is 1.23. The number of methoxy groups -OCH3 is 1. The van der Waals surface area contributed by atoms with Crippen LogP contribution in [0.4, 0.5) is 14.6 Å². The van der Waals surface area contributed by atoms with Crippen LogP contribution in [-0.4, -0.2) is 60.9 Å². The van der Waals surface area contributed by atoms with E-state index in [4.69, 9.17) is 14.5 Å². The highest BCUT2D eigenvalue weighted by molar-refractivity contribution is 5.77. The monoisotopic (exact) mass is 545 g/mol. The maximum absolute atomic E-state index is 14.8. The number of carbonyl (C=O) groups is 1. The van der Waals surface area contributed by atoms with Crippen LogP contribution in [0, 0.1) is 17.6 Å². The van der Waals surface area contributed by atoms with Gasteiger partial charge in [0.05, 0.1) is 13.7 Å². The van der Waals surface area contributed by atoms with E-state index in [9.17, 15) is 18.7 Å². The molecule has 214 valence electrons. The van der Waals surface area contributed by atoms with Gasteiger partial charge in [0.1, 0.15) is 11.9 Å². The van der Waals surface area contributed by atoms with Crippen molar-refractivity contribution in [2.24, 2.45) is 5.92 Å². The number of unbranched alkanes of at least 4 members (excludes halogenated alkanes) is 2. The zero-order valence-corrected chi connectivity index (χ0v) is 23.3. The van der Waals surface area contributed by atoms with Crippen LogP contribution in [0.15, 0.2) is 18.2 Å². The van der Waals surface area contributed by atoms with Crippen LogP contribution in [0.2, 0.25) is 0 Å². The minimum absolute atomic E-state index is 0.146. The van der Waals surface area contributed by atoms with Crippen molar-refractivity contribution in [1.82, 2.24) is 9.88 Å². The number of benzene rings is 1. The molecule has 2 atom stereocenters. The van der Waals surface area contributed by atoms with Crippen molar-refractivity contribution in [3.05, 3.63) is 52.2 Å². The van der Waals surface area contributed by atoms with Crippen LogP contribution < -0.4 is 10.1 Å². The number of nitrogens with one attached hydrogen (secondary N) is 1. The number of anilines is 1. The van der Waals surface area contributed by atoms with Gasteiger partial charge in [0.15, 0.2) is 11.6 Å². The van der Waals surface area contributed by atoms with Crippen LogP contribution in [0.1, 0.15) is 80.3 Å². The van der Waals surface area contributed by atoms with Crippen LogP contribution in [-0.2, 0) is 22.4 Å². The highest BCUT2D eigenvalue weighted by Crippen LogP contribution is 2.39. The molecule has 7 nitrogen and oxygen atoms in total. The van der Waals surface area contributed by atoms with Gasteiger partial charge in [0.25, 0.3) is 0 Å². The van der Waals surface area contributed by atoms with Gasteiger partial charge in [0, 0.05) is 31.0 Å². The molecule has 0 radical (unpaired) electrons. The van der Waals surface area contributed by atoms with Crippen molar-refractivity contribution in [1.29, 1.82) is 0 Å². The van der Waals surface area contributed by atoms with Crippen molar-refractivity contribution < 1.29 is 28.2 Å². The first-order valence-corrected chi connectivity index (χ1v) is 14.1. The Balaban J connectivity index is 1.24. The van der Waals surface area contributed by atoms with E-state index < -0.39 is 23.6 Å². The Morgan fingerprint density at radius 1 is 1.21 bits per heavy atom. The fourth-order valence-corrected chi connectivity index (χ4v) is 5.64. The number of nitrogens with zero attached hydrogens (tertiary/aromatic N) is 2. The van der Waals surface area contributed by atoms with E-state index in [1.165, 1.54) is 18.7 Å². The largest absolute Gasteiger partial charge is 0.493 e. The van der Waals surface area contributed by atoms with E-state index in [0.717, 1.165) is 63.0 Å². The molecule has 1 saturated heterocycles. The molecule has 4 rings (SSSR count). The average Bonchev–Trinajstić information content (AvgIpc) is 3.38. The van der Waals surface area contributed by atoms with E-state index in [1.807, 2.05) is 0 Å². The summed E-state index contributed by atoms with van der Waals surface area (Å²) in [5.41, 5.74) is 2.73. The molecule has 2 N–H and O–H groups in total. The minimum atomic E-state index is -1.14. The number of carboxylic acids is 1. The molecule has 0 amide bonds. The smallest absolute Gasteiger partial charge is 0.325 e. The van der Waals surface area contributed by atoms with Gasteiger partial charge in [-0.25, -0.2) is 9.37 Å². The number of ether oxygens (including phenoxy) is 2. The first-order valence-electron chi connectivity index (χ1n) is 14.1. The molecule has 9 heteroatoms. The SMILES string of the molecule is COc1c(C(C(=O)O)N2CCC(COCCCCCc3ccc4c(n3)NCCC4)C2)cc(C(C)C)c(F)c1F. The number of aromatic nitrogens is 1. The number of aryl methyl sites for hydroxylation is 2. The van der Waals surface area contributed by atoms with Crippen molar-refractivity contribution >= 4 is 11.8 Å². The third kappa shape index (κ3) is 7.06. The van der Waals surface area contributed by atoms with E-state index >= 15 is 0 Å². The molecule has 2 aliphatic heterocycles. The summed E-state index contributed by atoms with van der Waals surface area (Å²) in [4.78, 5) is 18.9. The standard InChI is InChI=1S/C30H41F2N3O4/c1-19(2)23-16-24(28(38-3)26(32)25(23)31)27(30(36)37)35-14-12-20(17-35)18-39-15-6-4-5-9-22-11-10-21-8-7-13-33-29(21)34-22/h10-11,16,19-20,27H,4-9,12-15,17-18H2,1-3H3,(H,33,34)(H,36,37). The van der Waals surface area contributed by atoms with Crippen molar-refractivity contribution in [3.63, 3.8) is 0 Å². The van der Waals surface area contributed by atoms with Gasteiger partial charge >= 0.3 is 5.97 Å². The number of fused-ring (bicyclic) bond motifs is 1. The Bertz CT molecular complexity index is 1140. The number of hydrogen-bond donors (Lipinski definition) is 2. The van der Waals surface area contributed by atoms with Crippen molar-refractivity contribution in [2.45, 2.75) is 70.8 Å². The Morgan fingerprint density at radius 2 is 2.03 bits per heavy atom. The number of likely N-dealkylation sites (tertiary alicyclic amines) is 1. The number of halogens is 2. The number of aliphatic carboxylic acids is 1. The topological polar surface area (TPSA) is 83.9 Å². The predicted octanol–water partition coefficient (Wildman–Crippen LogP) is 5.73. The number of carboxylic acid groups (broad SMARTS) is 1. The second-order valence-corrected chi connectivity index (χ2v) is 11.0. The van der Waals surface area contributed by atoms with E-state index in [2.05, 4.69) is 17.4 Å². The molecule has 1 fully saturated rings. The molecule has 0 saturated carbocycles. The Kier molecular flexibility index (Phi) is 10.1. The Morgan fingerprint density at radius 3 is 2.77 bits per heavy atom. The van der Waals surface area contributed by atoms with Gasteiger partial charge in [-0.2, -0.15) is 4.39 Å². The normalized spacial score (nSPS) is 18.2. The molecular formula is C30H41F2N3O4. The molecule has 2 aromatic rings. The maximum atomic E-state index is 14.8. The van der Waals surface area contributed by atoms with E-state index in [0.29, 0.717) is 26.3 Å². The van der Waals surface area contributed by atoms with Gasteiger partial charge in [-0.05, 0) is 80.2 Å². The highest BCUT2D eigenvalue weighted by Gasteiger charge is 2.37. The molecule has 3 heterocycles. The summed E-state index contributed by atoms with van der Waals surface area (Å²) in [5, 5.41) is 13.5. The van der Waals surface area contributed by atoms with Gasteiger partial charge in [-0.15, -0.1) is 0 Å². The zero-order chi connectivity index (χ0) is 27.9. The Hall–Kier alpha value is -2.78. The third-order valence-corrected chi connectivity index (χ3v) is 7.78. The average molecular weight is 546 g/mol. The van der Waals surface area contributed by atoms with Crippen LogP contribution in [0.25, 0.3) is 0 Å².